The number of nitrogens with one attached hydrogen (secondary N) is 1. The van der Waals surface area contributed by atoms with Crippen LogP contribution >= 0.6 is 11.3 Å². The maximum Gasteiger partial charge on any atom is 0.407 e. The molecule has 0 aliphatic heterocycles. The van der Waals surface area contributed by atoms with E-state index in [2.05, 4.69) is 20.4 Å². The third-order valence-corrected chi connectivity index (χ3v) is 6.35. The Morgan fingerprint density at radius 2 is 1.63 bits per heavy atom. The van der Waals surface area contributed by atoms with Crippen LogP contribution in [0.25, 0.3) is 16.1 Å². The monoisotopic (exact) mass is 494 g/mol. The van der Waals surface area contributed by atoms with E-state index in [4.69, 9.17) is 0 Å². The summed E-state index contributed by atoms with van der Waals surface area (Å²) < 4.78 is 39.5. The van der Waals surface area contributed by atoms with Crippen molar-refractivity contribution in [2.75, 3.05) is 11.9 Å². The fourth-order valence-electron chi connectivity index (χ4n) is 3.55. The summed E-state index contributed by atoms with van der Waals surface area (Å²) in [6.45, 7) is 0. The van der Waals surface area contributed by atoms with Gasteiger partial charge in [0.1, 0.15) is 16.7 Å². The number of pyridine rings is 1. The highest BCUT2D eigenvalue weighted by molar-refractivity contribution is 7.19. The molecule has 0 bridgehead atoms. The van der Waals surface area contributed by atoms with Crippen LogP contribution in [0.1, 0.15) is 5.69 Å². The second-order valence-corrected chi connectivity index (χ2v) is 8.59. The van der Waals surface area contributed by atoms with E-state index >= 15 is 0 Å². The Labute approximate surface area is 204 Å². The average molecular weight is 495 g/mol. The topological polar surface area (TPSA) is 57.6 Å². The first-order chi connectivity index (χ1) is 16.9. The highest BCUT2D eigenvalue weighted by Crippen LogP contribution is 2.41. The lowest BCUT2D eigenvalue weighted by atomic mass is 10.1. The Hall–Kier alpha value is -3.82. The summed E-state index contributed by atoms with van der Waals surface area (Å²) in [5.41, 5.74) is 2.39. The van der Waals surface area contributed by atoms with E-state index in [0.29, 0.717) is 0 Å². The van der Waals surface area contributed by atoms with Crippen molar-refractivity contribution in [3.05, 3.63) is 108 Å². The number of hydrogen-bond acceptors (Lipinski definition) is 6. The summed E-state index contributed by atoms with van der Waals surface area (Å²) >= 11 is 1.51. The zero-order chi connectivity index (χ0) is 24.8. The van der Waals surface area contributed by atoms with Crippen LogP contribution < -0.4 is 10.2 Å². The Morgan fingerprint density at radius 3 is 2.17 bits per heavy atom. The fraction of sp³-hybridized carbons (Fsp3) is 0.115. The Kier molecular flexibility index (Phi) is 7.38. The molecule has 0 aliphatic carbocycles. The molecule has 0 radical (unpaired) electrons. The Balaban J connectivity index is 1.71. The molecule has 35 heavy (non-hydrogen) atoms. The van der Waals surface area contributed by atoms with Gasteiger partial charge in [-0.15, -0.1) is 16.2 Å². The van der Waals surface area contributed by atoms with Gasteiger partial charge in [0.2, 0.25) is 0 Å². The number of para-hydroxylation sites is 2. The molecule has 0 spiro atoms. The van der Waals surface area contributed by atoms with Crippen molar-refractivity contribution < 1.29 is 13.2 Å². The molecule has 0 fully saturated rings. The van der Waals surface area contributed by atoms with Gasteiger partial charge in [-0.3, -0.25) is 4.98 Å². The quantitative estimate of drug-likeness (QED) is 0.257. The maximum absolute atomic E-state index is 13.2. The molecule has 9 heteroatoms. The molecule has 4 rings (SSSR count). The van der Waals surface area contributed by atoms with Gasteiger partial charge in [-0.2, -0.15) is 13.2 Å². The lowest BCUT2D eigenvalue weighted by molar-refractivity contribution is -0.143. The minimum Gasteiger partial charge on any atom is -0.306 e. The van der Waals surface area contributed by atoms with Crippen LogP contribution in [-0.2, 0) is 0 Å². The lowest BCUT2D eigenvalue weighted by Crippen LogP contribution is -2.38. The van der Waals surface area contributed by atoms with Gasteiger partial charge < -0.3 is 10.2 Å². The number of anilines is 3. The molecule has 178 valence electrons. The van der Waals surface area contributed by atoms with Gasteiger partial charge >= 0.3 is 6.18 Å². The smallest absolute Gasteiger partial charge is 0.306 e. The summed E-state index contributed by atoms with van der Waals surface area (Å²) in [5, 5.41) is 5.90. The number of halogens is 3. The summed E-state index contributed by atoms with van der Waals surface area (Å²) in [6.07, 6.45) is -2.37. The highest BCUT2D eigenvalue weighted by atomic mass is 32.1. The zero-order valence-electron chi connectivity index (χ0n) is 18.6. The van der Waals surface area contributed by atoms with Gasteiger partial charge in [0, 0.05) is 22.4 Å². The molecular weight excluding hydrogens is 473 g/mol. The Bertz CT molecular complexity index is 1270. The minimum absolute atomic E-state index is 0.0694. The molecule has 4 aromatic rings. The number of likely N-dealkylation sites (N-methyl/N-ethyl adjacent to an activating group) is 1. The summed E-state index contributed by atoms with van der Waals surface area (Å²) in [6, 6.07) is 25.1. The van der Waals surface area contributed by atoms with E-state index < -0.39 is 12.2 Å². The van der Waals surface area contributed by atoms with Crippen LogP contribution in [0.15, 0.2) is 102 Å². The number of thiophene rings is 1. The highest BCUT2D eigenvalue weighted by Gasteiger charge is 2.37. The SMILES string of the molecule is CNC(/C=C(\N=O)c1cc(-c2ccc(N(c3ccccc3)c3ccccc3)s2)ccn1)C(F)(F)F. The molecule has 2 aromatic heterocycles. The third kappa shape index (κ3) is 5.64. The van der Waals surface area contributed by atoms with Crippen LogP contribution in [0.2, 0.25) is 0 Å². The molecule has 0 saturated heterocycles. The molecule has 2 aromatic carbocycles. The zero-order valence-corrected chi connectivity index (χ0v) is 19.4. The first-order valence-electron chi connectivity index (χ1n) is 10.7. The largest absolute Gasteiger partial charge is 0.407 e. The number of nitrogens with zero attached hydrogens (tertiary/aromatic N) is 3. The van der Waals surface area contributed by atoms with E-state index in [-0.39, 0.29) is 11.4 Å². The third-order valence-electron chi connectivity index (χ3n) is 5.23. The second-order valence-electron chi connectivity index (χ2n) is 7.53. The molecule has 5 nitrogen and oxygen atoms in total. The van der Waals surface area contributed by atoms with E-state index in [0.717, 1.165) is 32.9 Å². The lowest BCUT2D eigenvalue weighted by Gasteiger charge is -2.23. The molecule has 1 atom stereocenters. The van der Waals surface area contributed by atoms with Crippen molar-refractivity contribution in [2.24, 2.45) is 5.18 Å². The van der Waals surface area contributed by atoms with Crippen LogP contribution in [0.4, 0.5) is 29.5 Å². The molecular formula is C26H21F3N4OS. The van der Waals surface area contributed by atoms with Gasteiger partial charge in [-0.05, 0) is 72.4 Å². The molecule has 0 aliphatic rings. The van der Waals surface area contributed by atoms with Gasteiger partial charge in [0.25, 0.3) is 0 Å². The predicted octanol–water partition coefficient (Wildman–Crippen LogP) is 7.54. The Morgan fingerprint density at radius 1 is 1.00 bits per heavy atom. The fourth-order valence-corrected chi connectivity index (χ4v) is 4.59. The minimum atomic E-state index is -4.57. The molecule has 1 N–H and O–H groups in total. The van der Waals surface area contributed by atoms with Crippen molar-refractivity contribution in [3.8, 4) is 10.4 Å². The number of hydrogen-bond donors (Lipinski definition) is 1. The first kappa shape index (κ1) is 24.3. The van der Waals surface area contributed by atoms with E-state index in [9.17, 15) is 18.1 Å². The normalized spacial score (nSPS) is 12.9. The van der Waals surface area contributed by atoms with Crippen LogP contribution in [-0.4, -0.2) is 24.2 Å². The van der Waals surface area contributed by atoms with Gasteiger partial charge in [0.15, 0.2) is 0 Å². The van der Waals surface area contributed by atoms with Crippen LogP contribution in [0.5, 0.6) is 0 Å². The van der Waals surface area contributed by atoms with Crippen molar-refractivity contribution >= 4 is 33.4 Å². The van der Waals surface area contributed by atoms with Crippen molar-refractivity contribution in [2.45, 2.75) is 12.2 Å². The number of nitroso groups, excluding NO2 is 1. The number of rotatable bonds is 8. The molecule has 1 unspecified atom stereocenters. The number of aromatic nitrogens is 1. The average Bonchev–Trinajstić information content (AvgIpc) is 3.35. The molecule has 0 amide bonds. The van der Waals surface area contributed by atoms with E-state index in [1.807, 2.05) is 72.8 Å². The molecule has 2 heterocycles. The maximum atomic E-state index is 13.2. The van der Waals surface area contributed by atoms with Gasteiger partial charge in [-0.1, -0.05) is 36.4 Å². The second kappa shape index (κ2) is 10.6. The predicted molar refractivity (Wildman–Crippen MR) is 135 cm³/mol. The van der Waals surface area contributed by atoms with Crippen LogP contribution in [0.3, 0.4) is 0 Å². The van der Waals surface area contributed by atoms with Crippen LogP contribution in [0, 0.1) is 4.91 Å². The van der Waals surface area contributed by atoms with E-state index in [1.54, 1.807) is 12.1 Å². The number of benzene rings is 2. The van der Waals surface area contributed by atoms with Gasteiger partial charge in [-0.25, -0.2) is 0 Å². The van der Waals surface area contributed by atoms with Crippen molar-refractivity contribution in [3.63, 3.8) is 0 Å². The standard InChI is InChI=1S/C26H21F3N4OS/c1-30-24(26(27,28)29)17-22(32-34)21-16-18(14-15-31-21)23-12-13-25(35-23)33(19-8-4-2-5-9-19)20-10-6-3-7-11-20/h2-17,24,30H,1H3/b22-17-. The summed E-state index contributed by atoms with van der Waals surface area (Å²) in [7, 11) is 1.17. The summed E-state index contributed by atoms with van der Waals surface area (Å²) in [4.78, 5) is 18.4. The molecule has 0 saturated carbocycles. The van der Waals surface area contributed by atoms with Gasteiger partial charge in [0.05, 0.1) is 5.69 Å². The first-order valence-corrected chi connectivity index (χ1v) is 11.5. The van der Waals surface area contributed by atoms with Crippen molar-refractivity contribution in [1.82, 2.24) is 10.3 Å². The van der Waals surface area contributed by atoms with Crippen molar-refractivity contribution in [1.29, 1.82) is 0 Å². The van der Waals surface area contributed by atoms with E-state index in [1.165, 1.54) is 24.6 Å². The number of alkyl halides is 3. The summed E-state index contributed by atoms with van der Waals surface area (Å²) in [5.74, 6) is 0.